The van der Waals surface area contributed by atoms with Crippen molar-refractivity contribution >= 4 is 17.7 Å². The Balaban J connectivity index is 1.59. The molecule has 0 radical (unpaired) electrons. The molecule has 6 nitrogen and oxygen atoms in total. The van der Waals surface area contributed by atoms with E-state index in [9.17, 15) is 10.1 Å². The van der Waals surface area contributed by atoms with Gasteiger partial charge in [0, 0.05) is 5.56 Å². The second-order valence-corrected chi connectivity index (χ2v) is 7.52. The molecule has 1 atom stereocenters. The number of carbonyl (C=O) groups is 1. The molecule has 1 aliphatic rings. The highest BCUT2D eigenvalue weighted by Gasteiger charge is 2.42. The Labute approximate surface area is 151 Å². The topological polar surface area (TPSA) is 91.8 Å². The second kappa shape index (κ2) is 6.89. The predicted molar refractivity (Wildman–Crippen MR) is 94.8 cm³/mol. The number of thioether (sulfide) groups is 1. The van der Waals surface area contributed by atoms with E-state index in [-0.39, 0.29) is 17.6 Å². The summed E-state index contributed by atoms with van der Waals surface area (Å²) in [6.07, 6.45) is 1.97. The molecule has 1 aromatic carbocycles. The lowest BCUT2D eigenvalue weighted by atomic mass is 9.98. The molecule has 2 aromatic rings. The quantitative estimate of drug-likeness (QED) is 0.799. The summed E-state index contributed by atoms with van der Waals surface area (Å²) < 4.78 is 5.63. The minimum atomic E-state index is -0.781. The van der Waals surface area contributed by atoms with Crippen molar-refractivity contribution in [3.8, 4) is 17.5 Å². The number of amides is 1. The van der Waals surface area contributed by atoms with E-state index in [1.54, 1.807) is 6.92 Å². The standard InChI is InChI=1S/C18H20N4O2S/c1-11-4-5-13(8-12(11)2)16-21-22-17(24-16)25-9-15(23)20-18(3,10-19)14-6-7-14/h4-5,8,14H,6-7,9H2,1-3H3,(H,20,23)/t18-/m1/s1. The summed E-state index contributed by atoms with van der Waals surface area (Å²) in [7, 11) is 0. The van der Waals surface area contributed by atoms with Gasteiger partial charge in [-0.3, -0.25) is 4.79 Å². The summed E-state index contributed by atoms with van der Waals surface area (Å²) in [4.78, 5) is 12.1. The van der Waals surface area contributed by atoms with Crippen molar-refractivity contribution < 1.29 is 9.21 Å². The van der Waals surface area contributed by atoms with Crippen LogP contribution in [0.2, 0.25) is 0 Å². The number of hydrogen-bond acceptors (Lipinski definition) is 6. The first kappa shape index (κ1) is 17.5. The molecule has 1 N–H and O–H groups in total. The number of nitriles is 1. The van der Waals surface area contributed by atoms with E-state index in [2.05, 4.69) is 21.6 Å². The molecule has 0 saturated heterocycles. The highest BCUT2D eigenvalue weighted by Crippen LogP contribution is 2.39. The third-order valence-electron chi connectivity index (χ3n) is 4.51. The average molecular weight is 356 g/mol. The zero-order valence-corrected chi connectivity index (χ0v) is 15.3. The van der Waals surface area contributed by atoms with E-state index in [0.717, 1.165) is 24.0 Å². The van der Waals surface area contributed by atoms with Gasteiger partial charge in [0.1, 0.15) is 5.54 Å². The number of hydrogen-bond donors (Lipinski definition) is 1. The average Bonchev–Trinajstić information content (AvgIpc) is 3.35. The van der Waals surface area contributed by atoms with Gasteiger partial charge in [-0.25, -0.2) is 0 Å². The van der Waals surface area contributed by atoms with Crippen LogP contribution in [0, 0.1) is 31.1 Å². The maximum Gasteiger partial charge on any atom is 0.277 e. The molecule has 25 heavy (non-hydrogen) atoms. The Morgan fingerprint density at radius 1 is 1.40 bits per heavy atom. The molecule has 1 aromatic heterocycles. The fourth-order valence-corrected chi connectivity index (χ4v) is 3.16. The minimum absolute atomic E-state index is 0.137. The monoisotopic (exact) mass is 356 g/mol. The number of aromatic nitrogens is 2. The lowest BCUT2D eigenvalue weighted by Crippen LogP contribution is -2.47. The van der Waals surface area contributed by atoms with Gasteiger partial charge < -0.3 is 9.73 Å². The van der Waals surface area contributed by atoms with Gasteiger partial charge in [-0.1, -0.05) is 17.8 Å². The normalized spacial score (nSPS) is 16.1. The van der Waals surface area contributed by atoms with Crippen LogP contribution in [-0.2, 0) is 4.79 Å². The summed E-state index contributed by atoms with van der Waals surface area (Å²) >= 11 is 1.17. The third-order valence-corrected chi connectivity index (χ3v) is 5.33. The molecule has 7 heteroatoms. The number of aryl methyl sites for hydroxylation is 2. The molecule has 0 bridgehead atoms. The summed E-state index contributed by atoms with van der Waals surface area (Å²) in [6, 6.07) is 8.16. The van der Waals surface area contributed by atoms with Crippen molar-refractivity contribution in [3.05, 3.63) is 29.3 Å². The number of benzene rings is 1. The van der Waals surface area contributed by atoms with Crippen molar-refractivity contribution in [2.75, 3.05) is 5.75 Å². The third kappa shape index (κ3) is 4.02. The molecule has 1 heterocycles. The first-order valence-corrected chi connectivity index (χ1v) is 9.16. The van der Waals surface area contributed by atoms with Crippen molar-refractivity contribution in [2.24, 2.45) is 5.92 Å². The number of carbonyl (C=O) groups excluding carboxylic acids is 1. The van der Waals surface area contributed by atoms with Crippen molar-refractivity contribution in [2.45, 2.75) is 44.4 Å². The Morgan fingerprint density at radius 3 is 2.80 bits per heavy atom. The second-order valence-electron chi connectivity index (χ2n) is 6.60. The summed E-state index contributed by atoms with van der Waals surface area (Å²) in [5.74, 6) is 0.627. The van der Waals surface area contributed by atoms with Gasteiger partial charge in [-0.15, -0.1) is 10.2 Å². The molecule has 1 amide bonds. The molecule has 1 aliphatic carbocycles. The van der Waals surface area contributed by atoms with Crippen LogP contribution in [0.5, 0.6) is 0 Å². The smallest absolute Gasteiger partial charge is 0.277 e. The zero-order valence-electron chi connectivity index (χ0n) is 14.5. The highest BCUT2D eigenvalue weighted by atomic mass is 32.2. The number of nitrogens with one attached hydrogen (secondary N) is 1. The first-order valence-electron chi connectivity index (χ1n) is 8.17. The number of rotatable bonds is 6. The Morgan fingerprint density at radius 2 is 2.16 bits per heavy atom. The van der Waals surface area contributed by atoms with E-state index in [0.29, 0.717) is 11.1 Å². The lowest BCUT2D eigenvalue weighted by molar-refractivity contribution is -0.119. The van der Waals surface area contributed by atoms with Crippen LogP contribution in [0.3, 0.4) is 0 Å². The van der Waals surface area contributed by atoms with Gasteiger partial charge in [-0.05, 0) is 62.8 Å². The van der Waals surface area contributed by atoms with Crippen molar-refractivity contribution in [1.82, 2.24) is 15.5 Å². The van der Waals surface area contributed by atoms with E-state index in [1.165, 1.54) is 17.3 Å². The number of nitrogens with zero attached hydrogens (tertiary/aromatic N) is 3. The summed E-state index contributed by atoms with van der Waals surface area (Å²) in [5.41, 5.74) is 2.43. The van der Waals surface area contributed by atoms with Crippen LogP contribution in [0.25, 0.3) is 11.5 Å². The maximum atomic E-state index is 12.1. The molecule has 1 fully saturated rings. The molecular formula is C18H20N4O2S. The summed E-state index contributed by atoms with van der Waals surface area (Å²) in [6.45, 7) is 5.85. The molecule has 130 valence electrons. The van der Waals surface area contributed by atoms with Gasteiger partial charge in [0.25, 0.3) is 5.22 Å². The fraction of sp³-hybridized carbons (Fsp3) is 0.444. The Kier molecular flexibility index (Phi) is 4.82. The van der Waals surface area contributed by atoms with E-state index in [4.69, 9.17) is 4.42 Å². The predicted octanol–water partition coefficient (Wildman–Crippen LogP) is 3.25. The molecular weight excluding hydrogens is 336 g/mol. The van der Waals surface area contributed by atoms with Crippen LogP contribution >= 0.6 is 11.8 Å². The van der Waals surface area contributed by atoms with Crippen molar-refractivity contribution in [3.63, 3.8) is 0 Å². The van der Waals surface area contributed by atoms with Crippen molar-refractivity contribution in [1.29, 1.82) is 5.26 Å². The van der Waals surface area contributed by atoms with E-state index < -0.39 is 5.54 Å². The van der Waals surface area contributed by atoms with Gasteiger partial charge in [0.05, 0.1) is 11.8 Å². The summed E-state index contributed by atoms with van der Waals surface area (Å²) in [5, 5.41) is 20.5. The Hall–Kier alpha value is -2.33. The largest absolute Gasteiger partial charge is 0.411 e. The fourth-order valence-electron chi connectivity index (χ4n) is 2.59. The van der Waals surface area contributed by atoms with Gasteiger partial charge >= 0.3 is 0 Å². The van der Waals surface area contributed by atoms with Gasteiger partial charge in [-0.2, -0.15) is 5.26 Å². The molecule has 0 unspecified atom stereocenters. The molecule has 0 aliphatic heterocycles. The van der Waals surface area contributed by atoms with Gasteiger partial charge in [0.15, 0.2) is 0 Å². The SMILES string of the molecule is Cc1ccc(-c2nnc(SCC(=O)N[C@](C)(C#N)C3CC3)o2)cc1C. The van der Waals surface area contributed by atoms with Crippen LogP contribution in [0.15, 0.2) is 27.8 Å². The first-order chi connectivity index (χ1) is 11.9. The van der Waals surface area contributed by atoms with Crippen LogP contribution in [-0.4, -0.2) is 27.4 Å². The van der Waals surface area contributed by atoms with E-state index >= 15 is 0 Å². The molecule has 3 rings (SSSR count). The highest BCUT2D eigenvalue weighted by molar-refractivity contribution is 7.99. The lowest BCUT2D eigenvalue weighted by Gasteiger charge is -2.22. The van der Waals surface area contributed by atoms with Crippen LogP contribution in [0.4, 0.5) is 0 Å². The minimum Gasteiger partial charge on any atom is -0.411 e. The molecule has 1 saturated carbocycles. The van der Waals surface area contributed by atoms with Crippen LogP contribution < -0.4 is 5.32 Å². The molecule has 0 spiro atoms. The zero-order chi connectivity index (χ0) is 18.0. The maximum absolute atomic E-state index is 12.1. The van der Waals surface area contributed by atoms with Gasteiger partial charge in [0.2, 0.25) is 11.8 Å². The van der Waals surface area contributed by atoms with Crippen LogP contribution in [0.1, 0.15) is 30.9 Å². The Bertz CT molecular complexity index is 838. The van der Waals surface area contributed by atoms with E-state index in [1.807, 2.05) is 32.0 Å².